The lowest BCUT2D eigenvalue weighted by Crippen LogP contribution is -2.15. The van der Waals surface area contributed by atoms with Gasteiger partial charge in [0.25, 0.3) is 0 Å². The molecule has 0 saturated carbocycles. The van der Waals surface area contributed by atoms with Gasteiger partial charge >= 0.3 is 0 Å². The van der Waals surface area contributed by atoms with Crippen molar-refractivity contribution in [1.29, 1.82) is 0 Å². The second-order valence-electron chi connectivity index (χ2n) is 3.39. The van der Waals surface area contributed by atoms with Crippen LogP contribution in [0.3, 0.4) is 0 Å². The average Bonchev–Trinajstić information content (AvgIpc) is 2.62. The first kappa shape index (κ1) is 11.3. The Labute approximate surface area is 89.6 Å². The SMILES string of the molecule is C=C(C)CC(NC)c1cc(OC)cs1. The molecule has 0 bridgehead atoms. The van der Waals surface area contributed by atoms with Crippen LogP contribution in [0.1, 0.15) is 24.3 Å². The van der Waals surface area contributed by atoms with Gasteiger partial charge in [0.2, 0.25) is 0 Å². The van der Waals surface area contributed by atoms with E-state index in [1.807, 2.05) is 12.4 Å². The zero-order chi connectivity index (χ0) is 10.6. The fourth-order valence-electron chi connectivity index (χ4n) is 1.32. The highest BCUT2D eigenvalue weighted by Crippen LogP contribution is 2.29. The summed E-state index contributed by atoms with van der Waals surface area (Å²) in [5, 5.41) is 5.31. The largest absolute Gasteiger partial charge is 0.496 e. The molecule has 0 radical (unpaired) electrons. The molecule has 2 nitrogen and oxygen atoms in total. The Balaban J connectivity index is 2.73. The number of ether oxygens (including phenoxy) is 1. The van der Waals surface area contributed by atoms with E-state index in [0.717, 1.165) is 12.2 Å². The van der Waals surface area contributed by atoms with Crippen LogP contribution >= 0.6 is 11.3 Å². The summed E-state index contributed by atoms with van der Waals surface area (Å²) in [6, 6.07) is 2.44. The van der Waals surface area contributed by atoms with Gasteiger partial charge in [-0.3, -0.25) is 0 Å². The molecule has 0 aliphatic heterocycles. The van der Waals surface area contributed by atoms with E-state index in [-0.39, 0.29) is 0 Å². The van der Waals surface area contributed by atoms with Crippen molar-refractivity contribution >= 4 is 11.3 Å². The van der Waals surface area contributed by atoms with Gasteiger partial charge in [0, 0.05) is 16.3 Å². The van der Waals surface area contributed by atoms with Crippen molar-refractivity contribution in [1.82, 2.24) is 5.32 Å². The van der Waals surface area contributed by atoms with E-state index in [1.165, 1.54) is 10.5 Å². The molecule has 0 aliphatic rings. The summed E-state index contributed by atoms with van der Waals surface area (Å²) >= 11 is 1.72. The smallest absolute Gasteiger partial charge is 0.129 e. The summed E-state index contributed by atoms with van der Waals surface area (Å²) in [4.78, 5) is 1.30. The van der Waals surface area contributed by atoms with Gasteiger partial charge in [0.1, 0.15) is 5.75 Å². The third-order valence-corrected chi connectivity index (χ3v) is 3.10. The predicted molar refractivity (Wildman–Crippen MR) is 62.1 cm³/mol. The Hall–Kier alpha value is -0.800. The molecule has 0 aromatic carbocycles. The summed E-state index contributed by atoms with van der Waals surface area (Å²) in [5.74, 6) is 0.937. The standard InChI is InChI=1S/C11H17NOS/c1-8(2)5-10(12-3)11-6-9(13-4)7-14-11/h6-7,10,12H,1,5H2,2-4H3. The van der Waals surface area contributed by atoms with Crippen molar-refractivity contribution in [2.75, 3.05) is 14.2 Å². The first-order chi connectivity index (χ1) is 6.67. The minimum Gasteiger partial charge on any atom is -0.496 e. The molecule has 3 heteroatoms. The van der Waals surface area contributed by atoms with Crippen molar-refractivity contribution < 1.29 is 4.74 Å². The highest BCUT2D eigenvalue weighted by molar-refractivity contribution is 7.10. The Kier molecular flexibility index (Phi) is 4.17. The van der Waals surface area contributed by atoms with E-state index >= 15 is 0 Å². The minimum absolute atomic E-state index is 0.362. The second kappa shape index (κ2) is 5.17. The maximum Gasteiger partial charge on any atom is 0.129 e. The van der Waals surface area contributed by atoms with Gasteiger partial charge in [0.05, 0.1) is 7.11 Å². The lowest BCUT2D eigenvalue weighted by molar-refractivity contribution is 0.416. The number of thiophene rings is 1. The van der Waals surface area contributed by atoms with Gasteiger partial charge in [-0.25, -0.2) is 0 Å². The fraction of sp³-hybridized carbons (Fsp3) is 0.455. The van der Waals surface area contributed by atoms with Crippen molar-refractivity contribution in [3.63, 3.8) is 0 Å². The topological polar surface area (TPSA) is 21.3 Å². The van der Waals surface area contributed by atoms with Crippen LogP contribution < -0.4 is 10.1 Å². The zero-order valence-corrected chi connectivity index (χ0v) is 9.78. The summed E-state index contributed by atoms with van der Waals surface area (Å²) in [6.07, 6.45) is 0.972. The van der Waals surface area contributed by atoms with Crippen molar-refractivity contribution in [2.45, 2.75) is 19.4 Å². The number of methoxy groups -OCH3 is 1. The highest BCUT2D eigenvalue weighted by atomic mass is 32.1. The molecule has 1 atom stereocenters. The van der Waals surface area contributed by atoms with E-state index in [0.29, 0.717) is 6.04 Å². The maximum atomic E-state index is 5.15. The molecule has 78 valence electrons. The van der Waals surface area contributed by atoms with E-state index < -0.39 is 0 Å². The van der Waals surface area contributed by atoms with Crippen LogP contribution in [0.25, 0.3) is 0 Å². The lowest BCUT2D eigenvalue weighted by Gasteiger charge is -2.13. The van der Waals surface area contributed by atoms with Crippen molar-refractivity contribution in [3.05, 3.63) is 28.5 Å². The monoisotopic (exact) mass is 211 g/mol. The Morgan fingerprint density at radius 1 is 1.71 bits per heavy atom. The Bertz CT molecular complexity index is 306. The van der Waals surface area contributed by atoms with Gasteiger partial charge in [-0.15, -0.1) is 17.9 Å². The van der Waals surface area contributed by atoms with Crippen LogP contribution in [0, 0.1) is 0 Å². The first-order valence-electron chi connectivity index (χ1n) is 4.61. The van der Waals surface area contributed by atoms with Crippen LogP contribution in [0.4, 0.5) is 0 Å². The molecular formula is C11H17NOS. The van der Waals surface area contributed by atoms with Gasteiger partial charge in [-0.05, 0) is 26.5 Å². The molecule has 1 aromatic heterocycles. The highest BCUT2D eigenvalue weighted by Gasteiger charge is 2.11. The molecule has 0 spiro atoms. The quantitative estimate of drug-likeness (QED) is 0.756. The minimum atomic E-state index is 0.362. The van der Waals surface area contributed by atoms with E-state index in [1.54, 1.807) is 18.4 Å². The molecule has 14 heavy (non-hydrogen) atoms. The molecule has 0 amide bonds. The number of hydrogen-bond acceptors (Lipinski definition) is 3. The Morgan fingerprint density at radius 3 is 2.86 bits per heavy atom. The fourth-order valence-corrected chi connectivity index (χ4v) is 2.28. The van der Waals surface area contributed by atoms with E-state index in [4.69, 9.17) is 4.74 Å². The molecule has 1 aromatic rings. The number of hydrogen-bond donors (Lipinski definition) is 1. The van der Waals surface area contributed by atoms with Gasteiger partial charge in [0.15, 0.2) is 0 Å². The Morgan fingerprint density at radius 2 is 2.43 bits per heavy atom. The van der Waals surface area contributed by atoms with Crippen molar-refractivity contribution in [2.24, 2.45) is 0 Å². The van der Waals surface area contributed by atoms with Crippen LogP contribution in [0.15, 0.2) is 23.6 Å². The molecule has 1 unspecified atom stereocenters. The zero-order valence-electron chi connectivity index (χ0n) is 8.96. The van der Waals surface area contributed by atoms with Crippen LogP contribution in [-0.2, 0) is 0 Å². The third-order valence-electron chi connectivity index (χ3n) is 2.08. The summed E-state index contributed by atoms with van der Waals surface area (Å²) in [7, 11) is 3.67. The number of nitrogens with one attached hydrogen (secondary N) is 1. The first-order valence-corrected chi connectivity index (χ1v) is 5.49. The second-order valence-corrected chi connectivity index (χ2v) is 4.33. The molecule has 1 heterocycles. The van der Waals surface area contributed by atoms with Gasteiger partial charge in [-0.1, -0.05) is 5.57 Å². The maximum absolute atomic E-state index is 5.15. The van der Waals surface area contributed by atoms with Gasteiger partial charge in [-0.2, -0.15) is 0 Å². The van der Waals surface area contributed by atoms with Gasteiger partial charge < -0.3 is 10.1 Å². The van der Waals surface area contributed by atoms with Crippen LogP contribution in [-0.4, -0.2) is 14.2 Å². The van der Waals surface area contributed by atoms with E-state index in [2.05, 4.69) is 24.9 Å². The molecule has 0 fully saturated rings. The summed E-state index contributed by atoms with van der Waals surface area (Å²) < 4.78 is 5.15. The third kappa shape index (κ3) is 2.86. The average molecular weight is 211 g/mol. The van der Waals surface area contributed by atoms with Crippen molar-refractivity contribution in [3.8, 4) is 5.75 Å². The lowest BCUT2D eigenvalue weighted by atomic mass is 10.1. The van der Waals surface area contributed by atoms with Crippen LogP contribution in [0.5, 0.6) is 5.75 Å². The van der Waals surface area contributed by atoms with E-state index in [9.17, 15) is 0 Å². The molecular weight excluding hydrogens is 194 g/mol. The summed E-state index contributed by atoms with van der Waals surface area (Å²) in [6.45, 7) is 5.98. The summed E-state index contributed by atoms with van der Waals surface area (Å²) in [5.41, 5.74) is 1.19. The molecule has 0 aliphatic carbocycles. The number of rotatable bonds is 5. The molecule has 0 saturated heterocycles. The normalized spacial score (nSPS) is 12.5. The molecule has 1 N–H and O–H groups in total. The van der Waals surface area contributed by atoms with Crippen LogP contribution in [0.2, 0.25) is 0 Å². The molecule has 1 rings (SSSR count). The predicted octanol–water partition coefficient (Wildman–Crippen LogP) is 2.98.